The molecule has 0 aliphatic heterocycles. The van der Waals surface area contributed by atoms with Gasteiger partial charge in [0, 0.05) is 18.5 Å². The summed E-state index contributed by atoms with van der Waals surface area (Å²) in [6, 6.07) is 10.6. The first-order valence-electron chi connectivity index (χ1n) is 10.9. The maximum absolute atomic E-state index is 11.0. The number of rotatable bonds is 9. The quantitative estimate of drug-likeness (QED) is 0.583. The molecule has 0 saturated heterocycles. The predicted octanol–water partition coefficient (Wildman–Crippen LogP) is 2.13. The van der Waals surface area contributed by atoms with E-state index in [1.807, 2.05) is 6.07 Å². The van der Waals surface area contributed by atoms with Crippen LogP contribution < -0.4 is 15.2 Å². The number of nitrogens with one attached hydrogen (secondary N) is 1. The SMILES string of the molecule is CN(C)C[C@H]1Cc2ccccc2[C@H]1Nc1cc(O[C@H]2CC[C@H](COS(N)(=O)=O)C2)ncn1. The molecule has 1 heterocycles. The van der Waals surface area contributed by atoms with Gasteiger partial charge in [-0.3, -0.25) is 4.18 Å². The molecule has 1 aromatic heterocycles. The van der Waals surface area contributed by atoms with Crippen LogP contribution in [0.2, 0.25) is 0 Å². The number of benzene rings is 1. The standard InChI is InChI=1S/C22H31N5O4S/c1-27(2)12-17-10-16-5-3-4-6-19(16)22(17)26-20-11-21(25-14-24-20)31-18-8-7-15(9-18)13-30-32(23,28)29/h3-6,11,14-15,17-18,22H,7-10,12-13H2,1-2H3,(H2,23,28,29)(H,24,25,26)/t15-,17+,18-,22-/m0/s1. The van der Waals surface area contributed by atoms with Crippen LogP contribution in [0.4, 0.5) is 5.82 Å². The minimum atomic E-state index is -3.91. The van der Waals surface area contributed by atoms with Crippen molar-refractivity contribution in [3.8, 4) is 5.88 Å². The van der Waals surface area contributed by atoms with Gasteiger partial charge in [-0.2, -0.15) is 8.42 Å². The fourth-order valence-corrected chi connectivity index (χ4v) is 5.19. The summed E-state index contributed by atoms with van der Waals surface area (Å²) in [5.74, 6) is 1.78. The number of aromatic nitrogens is 2. The summed E-state index contributed by atoms with van der Waals surface area (Å²) in [6.07, 6.45) is 4.83. The molecule has 2 aromatic rings. The van der Waals surface area contributed by atoms with Gasteiger partial charge < -0.3 is 15.0 Å². The summed E-state index contributed by atoms with van der Waals surface area (Å²) in [5.41, 5.74) is 2.69. The average molecular weight is 462 g/mol. The molecule has 0 unspecified atom stereocenters. The van der Waals surface area contributed by atoms with Crippen molar-refractivity contribution in [3.63, 3.8) is 0 Å². The molecule has 1 aromatic carbocycles. The van der Waals surface area contributed by atoms with Crippen LogP contribution in [0.15, 0.2) is 36.7 Å². The zero-order chi connectivity index (χ0) is 22.7. The number of hydrogen-bond acceptors (Lipinski definition) is 8. The topological polar surface area (TPSA) is 120 Å². The first kappa shape index (κ1) is 22.9. The van der Waals surface area contributed by atoms with Gasteiger partial charge in [0.1, 0.15) is 18.2 Å². The van der Waals surface area contributed by atoms with Gasteiger partial charge in [0.25, 0.3) is 0 Å². The van der Waals surface area contributed by atoms with Crippen LogP contribution in [0.3, 0.4) is 0 Å². The lowest BCUT2D eigenvalue weighted by Crippen LogP contribution is -2.28. The van der Waals surface area contributed by atoms with Crippen LogP contribution >= 0.6 is 0 Å². The Morgan fingerprint density at radius 2 is 2.03 bits per heavy atom. The summed E-state index contributed by atoms with van der Waals surface area (Å²) in [6.45, 7) is 1.06. The minimum absolute atomic E-state index is 0.0412. The number of nitrogens with two attached hydrogens (primary N) is 1. The van der Waals surface area contributed by atoms with Gasteiger partial charge in [-0.25, -0.2) is 15.1 Å². The van der Waals surface area contributed by atoms with Gasteiger partial charge in [-0.1, -0.05) is 24.3 Å². The highest BCUT2D eigenvalue weighted by Crippen LogP contribution is 2.38. The van der Waals surface area contributed by atoms with Crippen molar-refractivity contribution in [1.82, 2.24) is 14.9 Å². The number of hydrogen-bond donors (Lipinski definition) is 2. The molecule has 0 radical (unpaired) electrons. The third-order valence-electron chi connectivity index (χ3n) is 6.14. The second-order valence-corrected chi connectivity index (χ2v) is 10.2. The number of anilines is 1. The molecule has 1 saturated carbocycles. The average Bonchev–Trinajstić information content (AvgIpc) is 3.30. The van der Waals surface area contributed by atoms with E-state index in [-0.39, 0.29) is 24.7 Å². The highest BCUT2D eigenvalue weighted by molar-refractivity contribution is 7.84. The van der Waals surface area contributed by atoms with E-state index in [0.717, 1.165) is 31.6 Å². The van der Waals surface area contributed by atoms with E-state index in [1.54, 1.807) is 0 Å². The Labute approximate surface area is 189 Å². The van der Waals surface area contributed by atoms with Crippen molar-refractivity contribution in [2.75, 3.05) is 32.6 Å². The molecule has 3 N–H and O–H groups in total. The van der Waals surface area contributed by atoms with Crippen LogP contribution in [-0.2, 0) is 20.9 Å². The van der Waals surface area contributed by atoms with Crippen molar-refractivity contribution in [3.05, 3.63) is 47.8 Å². The molecule has 4 rings (SSSR count). The molecule has 0 spiro atoms. The Bertz CT molecular complexity index is 1030. The highest BCUT2D eigenvalue weighted by atomic mass is 32.2. The second-order valence-electron chi connectivity index (χ2n) is 8.99. The maximum atomic E-state index is 11.0. The van der Waals surface area contributed by atoms with Crippen LogP contribution in [0.25, 0.3) is 0 Å². The zero-order valence-electron chi connectivity index (χ0n) is 18.5. The molecule has 32 heavy (non-hydrogen) atoms. The van der Waals surface area contributed by atoms with Gasteiger partial charge in [0.2, 0.25) is 5.88 Å². The summed E-state index contributed by atoms with van der Waals surface area (Å²) in [5, 5.41) is 8.52. The smallest absolute Gasteiger partial charge is 0.333 e. The van der Waals surface area contributed by atoms with E-state index in [4.69, 9.17) is 14.1 Å². The molecule has 2 aliphatic carbocycles. The van der Waals surface area contributed by atoms with Crippen molar-refractivity contribution >= 4 is 16.1 Å². The zero-order valence-corrected chi connectivity index (χ0v) is 19.3. The predicted molar refractivity (Wildman–Crippen MR) is 121 cm³/mol. The Kier molecular flexibility index (Phi) is 6.94. The van der Waals surface area contributed by atoms with Crippen LogP contribution in [0, 0.1) is 11.8 Å². The summed E-state index contributed by atoms with van der Waals surface area (Å²) in [7, 11) is 0.282. The Morgan fingerprint density at radius 1 is 1.22 bits per heavy atom. The lowest BCUT2D eigenvalue weighted by molar-refractivity contribution is 0.184. The second kappa shape index (κ2) is 9.70. The monoisotopic (exact) mass is 461 g/mol. The van der Waals surface area contributed by atoms with E-state index in [2.05, 4.69) is 58.5 Å². The summed E-state index contributed by atoms with van der Waals surface area (Å²) < 4.78 is 32.8. The van der Waals surface area contributed by atoms with E-state index in [9.17, 15) is 8.42 Å². The molecule has 4 atom stereocenters. The normalized spacial score (nSPS) is 25.1. The first-order valence-corrected chi connectivity index (χ1v) is 12.4. The van der Waals surface area contributed by atoms with Gasteiger partial charge in [0.15, 0.2) is 0 Å². The third-order valence-corrected chi connectivity index (χ3v) is 6.60. The summed E-state index contributed by atoms with van der Waals surface area (Å²) in [4.78, 5) is 10.9. The third kappa shape index (κ3) is 5.94. The van der Waals surface area contributed by atoms with E-state index >= 15 is 0 Å². The molecular weight excluding hydrogens is 430 g/mol. The Morgan fingerprint density at radius 3 is 2.81 bits per heavy atom. The summed E-state index contributed by atoms with van der Waals surface area (Å²) >= 11 is 0. The molecule has 10 heteroatoms. The van der Waals surface area contributed by atoms with Crippen molar-refractivity contribution in [1.29, 1.82) is 0 Å². The van der Waals surface area contributed by atoms with Gasteiger partial charge >= 0.3 is 10.3 Å². The minimum Gasteiger partial charge on any atom is -0.474 e. The molecule has 174 valence electrons. The molecule has 2 aliphatic rings. The first-order chi connectivity index (χ1) is 15.3. The van der Waals surface area contributed by atoms with Crippen LogP contribution in [0.5, 0.6) is 5.88 Å². The van der Waals surface area contributed by atoms with Crippen molar-refractivity contribution < 1.29 is 17.3 Å². The molecule has 1 fully saturated rings. The number of fused-ring (bicyclic) bond motifs is 1. The Hall–Kier alpha value is -2.27. The molecular formula is C22H31N5O4S. The van der Waals surface area contributed by atoms with Crippen molar-refractivity contribution in [2.45, 2.75) is 37.8 Å². The lowest BCUT2D eigenvalue weighted by Gasteiger charge is -2.25. The van der Waals surface area contributed by atoms with E-state index < -0.39 is 10.3 Å². The van der Waals surface area contributed by atoms with Crippen LogP contribution in [-0.4, -0.2) is 56.6 Å². The fraction of sp³-hybridized carbons (Fsp3) is 0.545. The largest absolute Gasteiger partial charge is 0.474 e. The number of ether oxygens (including phenoxy) is 1. The fourth-order valence-electron chi connectivity index (χ4n) is 4.80. The van der Waals surface area contributed by atoms with Crippen molar-refractivity contribution in [2.24, 2.45) is 17.0 Å². The van der Waals surface area contributed by atoms with Crippen LogP contribution in [0.1, 0.15) is 36.4 Å². The van der Waals surface area contributed by atoms with Gasteiger partial charge in [-0.15, -0.1) is 0 Å². The van der Waals surface area contributed by atoms with E-state index in [0.29, 0.717) is 18.2 Å². The molecule has 0 bridgehead atoms. The highest BCUT2D eigenvalue weighted by Gasteiger charge is 2.33. The molecule has 9 nitrogen and oxygen atoms in total. The number of nitrogens with zero attached hydrogens (tertiary/aromatic N) is 3. The van der Waals surface area contributed by atoms with Gasteiger partial charge in [-0.05, 0) is 56.8 Å². The van der Waals surface area contributed by atoms with Gasteiger partial charge in [0.05, 0.1) is 12.6 Å². The molecule has 0 amide bonds. The maximum Gasteiger partial charge on any atom is 0.333 e. The Balaban J connectivity index is 1.40. The lowest BCUT2D eigenvalue weighted by atomic mass is 10.00. The van der Waals surface area contributed by atoms with E-state index in [1.165, 1.54) is 17.5 Å².